The predicted octanol–water partition coefficient (Wildman–Crippen LogP) is 2.55. The summed E-state index contributed by atoms with van der Waals surface area (Å²) in [7, 11) is 0. The molecule has 92 valence electrons. The number of rotatable bonds is 2. The summed E-state index contributed by atoms with van der Waals surface area (Å²) in [5, 5.41) is 5.41. The van der Waals surface area contributed by atoms with Crippen molar-refractivity contribution in [2.45, 2.75) is 25.1 Å². The molecule has 2 fully saturated rings. The highest BCUT2D eigenvalue weighted by atomic mass is 32.2. The Morgan fingerprint density at radius 1 is 1.31 bits per heavy atom. The van der Waals surface area contributed by atoms with Crippen LogP contribution >= 0.6 is 35.3 Å². The van der Waals surface area contributed by atoms with E-state index in [0.717, 1.165) is 17.7 Å². The first kappa shape index (κ1) is 13.0. The maximum absolute atomic E-state index is 4.73. The van der Waals surface area contributed by atoms with Crippen molar-refractivity contribution in [2.75, 3.05) is 29.6 Å². The van der Waals surface area contributed by atoms with Crippen LogP contribution in [0.2, 0.25) is 0 Å². The molecule has 0 aromatic heterocycles. The molecular weight excluding hydrogens is 256 g/mol. The molecule has 0 aromatic rings. The lowest BCUT2D eigenvalue weighted by Gasteiger charge is -2.28. The highest BCUT2D eigenvalue weighted by molar-refractivity contribution is 8.13. The van der Waals surface area contributed by atoms with Crippen molar-refractivity contribution in [3.05, 3.63) is 0 Å². The molecule has 3 unspecified atom stereocenters. The fourth-order valence-electron chi connectivity index (χ4n) is 1.65. The van der Waals surface area contributed by atoms with E-state index in [2.05, 4.69) is 42.7 Å². The fraction of sp³-hybridized carbons (Fsp3) is 0.909. The summed E-state index contributed by atoms with van der Waals surface area (Å²) in [5.41, 5.74) is 0. The molecule has 0 saturated carbocycles. The molecule has 0 aromatic carbocycles. The van der Waals surface area contributed by atoms with Gasteiger partial charge in [0.2, 0.25) is 0 Å². The van der Waals surface area contributed by atoms with Crippen LogP contribution in [-0.4, -0.2) is 46.0 Å². The summed E-state index contributed by atoms with van der Waals surface area (Å²) in [6.45, 7) is 5.55. The van der Waals surface area contributed by atoms with Crippen LogP contribution in [0.1, 0.15) is 13.8 Å². The van der Waals surface area contributed by atoms with Gasteiger partial charge in [-0.05, 0) is 12.8 Å². The average molecular weight is 276 g/mol. The molecule has 2 nitrogen and oxygen atoms in total. The minimum Gasteiger partial charge on any atom is -0.362 e. The first-order chi connectivity index (χ1) is 7.75. The SMILES string of the molecule is CC1CSC(=NCC2CSCCS2)NC1C. The van der Waals surface area contributed by atoms with Crippen molar-refractivity contribution in [3.8, 4) is 0 Å². The summed E-state index contributed by atoms with van der Waals surface area (Å²) in [4.78, 5) is 4.73. The van der Waals surface area contributed by atoms with Gasteiger partial charge >= 0.3 is 0 Å². The van der Waals surface area contributed by atoms with E-state index < -0.39 is 0 Å². The molecule has 0 radical (unpaired) electrons. The number of aliphatic imine (C=N–C) groups is 1. The van der Waals surface area contributed by atoms with Gasteiger partial charge in [0.15, 0.2) is 5.17 Å². The Hall–Kier alpha value is 0.520. The van der Waals surface area contributed by atoms with Crippen molar-refractivity contribution in [1.29, 1.82) is 0 Å². The topological polar surface area (TPSA) is 24.4 Å². The lowest BCUT2D eigenvalue weighted by atomic mass is 10.1. The molecule has 2 saturated heterocycles. The second-order valence-corrected chi connectivity index (χ2v) is 8.00. The van der Waals surface area contributed by atoms with E-state index in [-0.39, 0.29) is 0 Å². The van der Waals surface area contributed by atoms with Gasteiger partial charge in [-0.1, -0.05) is 18.7 Å². The average Bonchev–Trinajstić information content (AvgIpc) is 2.32. The summed E-state index contributed by atoms with van der Waals surface area (Å²) in [6.07, 6.45) is 0. The van der Waals surface area contributed by atoms with Crippen molar-refractivity contribution in [2.24, 2.45) is 10.9 Å². The van der Waals surface area contributed by atoms with E-state index in [4.69, 9.17) is 4.99 Å². The lowest BCUT2D eigenvalue weighted by molar-refractivity contribution is 0.490. The second-order valence-electron chi connectivity index (χ2n) is 4.43. The Balaban J connectivity index is 1.78. The Labute approximate surface area is 111 Å². The Kier molecular flexibility index (Phi) is 5.23. The molecule has 2 aliphatic rings. The Bertz CT molecular complexity index is 252. The van der Waals surface area contributed by atoms with Crippen LogP contribution in [0.25, 0.3) is 0 Å². The van der Waals surface area contributed by atoms with Crippen molar-refractivity contribution >= 4 is 40.5 Å². The molecule has 0 spiro atoms. The van der Waals surface area contributed by atoms with Gasteiger partial charge in [0.05, 0.1) is 6.54 Å². The lowest BCUT2D eigenvalue weighted by Crippen LogP contribution is -2.41. The van der Waals surface area contributed by atoms with Crippen LogP contribution in [0.15, 0.2) is 4.99 Å². The zero-order valence-corrected chi connectivity index (χ0v) is 12.4. The molecule has 0 bridgehead atoms. The van der Waals surface area contributed by atoms with Gasteiger partial charge in [0, 0.05) is 34.3 Å². The molecule has 2 rings (SSSR count). The van der Waals surface area contributed by atoms with E-state index >= 15 is 0 Å². The van der Waals surface area contributed by atoms with Gasteiger partial charge in [-0.3, -0.25) is 4.99 Å². The Morgan fingerprint density at radius 2 is 2.19 bits per heavy atom. The second kappa shape index (κ2) is 6.45. The van der Waals surface area contributed by atoms with Crippen molar-refractivity contribution in [3.63, 3.8) is 0 Å². The van der Waals surface area contributed by atoms with E-state index in [9.17, 15) is 0 Å². The van der Waals surface area contributed by atoms with E-state index in [1.54, 1.807) is 0 Å². The Morgan fingerprint density at radius 3 is 2.88 bits per heavy atom. The molecule has 16 heavy (non-hydrogen) atoms. The molecular formula is C11H20N2S3. The van der Waals surface area contributed by atoms with Crippen LogP contribution in [0.3, 0.4) is 0 Å². The number of nitrogens with zero attached hydrogens (tertiary/aromatic N) is 1. The standard InChI is InChI=1S/C11H20N2S3/c1-8-6-16-11(13-9(8)2)12-5-10-7-14-3-4-15-10/h8-10H,3-7H2,1-2H3,(H,12,13). The quantitative estimate of drug-likeness (QED) is 0.838. The van der Waals surface area contributed by atoms with Crippen LogP contribution < -0.4 is 5.32 Å². The first-order valence-corrected chi connectivity index (χ1v) is 9.07. The summed E-state index contributed by atoms with van der Waals surface area (Å²) < 4.78 is 0. The van der Waals surface area contributed by atoms with Gasteiger partial charge in [0.25, 0.3) is 0 Å². The normalized spacial score (nSPS) is 38.4. The number of nitrogens with one attached hydrogen (secondary N) is 1. The number of hydrogen-bond donors (Lipinski definition) is 1. The van der Waals surface area contributed by atoms with Crippen molar-refractivity contribution in [1.82, 2.24) is 5.32 Å². The minimum atomic E-state index is 0.577. The molecule has 3 atom stereocenters. The molecule has 0 amide bonds. The third-order valence-corrected chi connectivity index (χ3v) is 7.05. The third kappa shape index (κ3) is 3.77. The number of amidine groups is 1. The van der Waals surface area contributed by atoms with Gasteiger partial charge in [-0.15, -0.1) is 0 Å². The maximum atomic E-state index is 4.73. The van der Waals surface area contributed by atoms with Crippen molar-refractivity contribution < 1.29 is 0 Å². The molecule has 2 aliphatic heterocycles. The molecule has 0 aliphatic carbocycles. The minimum absolute atomic E-state index is 0.577. The zero-order chi connectivity index (χ0) is 11.4. The summed E-state index contributed by atoms with van der Waals surface area (Å²) >= 11 is 6.05. The largest absolute Gasteiger partial charge is 0.362 e. The number of thioether (sulfide) groups is 3. The molecule has 1 N–H and O–H groups in total. The molecule has 5 heteroatoms. The van der Waals surface area contributed by atoms with E-state index in [1.165, 1.54) is 28.2 Å². The monoisotopic (exact) mass is 276 g/mol. The predicted molar refractivity (Wildman–Crippen MR) is 80.1 cm³/mol. The van der Waals surface area contributed by atoms with Gasteiger partial charge in [0.1, 0.15) is 0 Å². The van der Waals surface area contributed by atoms with Gasteiger partial charge in [-0.25, -0.2) is 0 Å². The van der Waals surface area contributed by atoms with Crippen LogP contribution in [0, 0.1) is 5.92 Å². The molecule has 2 heterocycles. The summed E-state index contributed by atoms with van der Waals surface area (Å²) in [6, 6.07) is 0.577. The number of hydrogen-bond acceptors (Lipinski definition) is 4. The zero-order valence-electron chi connectivity index (χ0n) is 9.94. The highest BCUT2D eigenvalue weighted by Crippen LogP contribution is 2.25. The summed E-state index contributed by atoms with van der Waals surface area (Å²) in [5.74, 6) is 5.86. The van der Waals surface area contributed by atoms with Crippen LogP contribution in [0.4, 0.5) is 0 Å². The van der Waals surface area contributed by atoms with Gasteiger partial charge < -0.3 is 5.32 Å². The smallest absolute Gasteiger partial charge is 0.156 e. The highest BCUT2D eigenvalue weighted by Gasteiger charge is 2.21. The maximum Gasteiger partial charge on any atom is 0.156 e. The van der Waals surface area contributed by atoms with Gasteiger partial charge in [-0.2, -0.15) is 23.5 Å². The van der Waals surface area contributed by atoms with E-state index in [0.29, 0.717) is 6.04 Å². The third-order valence-electron chi connectivity index (χ3n) is 3.01. The van der Waals surface area contributed by atoms with Crippen LogP contribution in [0.5, 0.6) is 0 Å². The fourth-order valence-corrected chi connectivity index (χ4v) is 5.37. The van der Waals surface area contributed by atoms with Crippen LogP contribution in [-0.2, 0) is 0 Å². The first-order valence-electron chi connectivity index (χ1n) is 5.89. The van der Waals surface area contributed by atoms with E-state index in [1.807, 2.05) is 11.8 Å².